The van der Waals surface area contributed by atoms with Gasteiger partial charge in [0.1, 0.15) is 0 Å². The van der Waals surface area contributed by atoms with Gasteiger partial charge in [-0.2, -0.15) is 11.8 Å². The molecule has 0 radical (unpaired) electrons. The molecule has 0 aliphatic heterocycles. The van der Waals surface area contributed by atoms with E-state index >= 15 is 0 Å². The van der Waals surface area contributed by atoms with E-state index < -0.39 is 5.92 Å². The van der Waals surface area contributed by atoms with Gasteiger partial charge in [-0.25, -0.2) is 8.78 Å². The van der Waals surface area contributed by atoms with Crippen molar-refractivity contribution in [1.82, 2.24) is 0 Å². The van der Waals surface area contributed by atoms with E-state index in [2.05, 4.69) is 0 Å². The zero-order chi connectivity index (χ0) is 7.12. The molecule has 0 aromatic heterocycles. The summed E-state index contributed by atoms with van der Waals surface area (Å²) in [6, 6.07) is 0. The largest absolute Gasteiger partial charge is 0.250 e. The monoisotopic (exact) mass is 152 g/mol. The predicted octanol–water partition coefficient (Wildman–Crippen LogP) is 2.54. The maximum Gasteiger partial charge on any atom is 0.250 e. The van der Waals surface area contributed by atoms with Crippen molar-refractivity contribution in [3.05, 3.63) is 0 Å². The zero-order valence-corrected chi connectivity index (χ0v) is 6.39. The van der Waals surface area contributed by atoms with Crippen LogP contribution >= 0.6 is 11.8 Å². The van der Waals surface area contributed by atoms with Gasteiger partial charge in [0.15, 0.2) is 0 Å². The van der Waals surface area contributed by atoms with E-state index in [4.69, 9.17) is 0 Å². The second kappa shape index (κ2) is 1.84. The first-order chi connectivity index (χ1) is 3.97. The van der Waals surface area contributed by atoms with Crippen LogP contribution in [0.2, 0.25) is 0 Å². The Morgan fingerprint density at radius 2 is 1.78 bits per heavy atom. The summed E-state index contributed by atoms with van der Waals surface area (Å²) < 4.78 is 24.3. The van der Waals surface area contributed by atoms with E-state index in [9.17, 15) is 8.78 Å². The minimum absolute atomic E-state index is 0.0567. The molecule has 9 heavy (non-hydrogen) atoms. The Balaban J connectivity index is 2.41. The molecule has 0 saturated heterocycles. The normalized spacial score (nSPS) is 29.3. The molecule has 0 atom stereocenters. The molecule has 0 spiro atoms. The van der Waals surface area contributed by atoms with E-state index in [-0.39, 0.29) is 17.6 Å². The summed E-state index contributed by atoms with van der Waals surface area (Å²) in [6.45, 7) is 1.88. The summed E-state index contributed by atoms with van der Waals surface area (Å²) in [5.74, 6) is -2.36. The summed E-state index contributed by atoms with van der Waals surface area (Å²) in [4.78, 5) is 0. The van der Waals surface area contributed by atoms with Crippen molar-refractivity contribution in [3.8, 4) is 0 Å². The van der Waals surface area contributed by atoms with Crippen molar-refractivity contribution in [2.45, 2.75) is 30.4 Å². The fraction of sp³-hybridized carbons (Fsp3) is 1.00. The van der Waals surface area contributed by atoms with Crippen molar-refractivity contribution in [3.63, 3.8) is 0 Å². The van der Waals surface area contributed by atoms with Crippen LogP contribution in [0.1, 0.15) is 19.8 Å². The van der Waals surface area contributed by atoms with E-state index in [1.807, 2.05) is 13.2 Å². The standard InChI is InChI=1S/C6H10F2S/c1-5(9-2)3-6(7,8)4-5/h3-4H2,1-2H3. The average Bonchev–Trinajstić information content (AvgIpc) is 1.61. The molecule has 1 aliphatic rings. The van der Waals surface area contributed by atoms with Crippen LogP contribution in [0.3, 0.4) is 0 Å². The van der Waals surface area contributed by atoms with Crippen LogP contribution < -0.4 is 0 Å². The SMILES string of the molecule is CSC1(C)CC(F)(F)C1. The number of halogens is 2. The van der Waals surface area contributed by atoms with Gasteiger partial charge in [0.2, 0.25) is 0 Å². The van der Waals surface area contributed by atoms with E-state index in [0.717, 1.165) is 0 Å². The van der Waals surface area contributed by atoms with Gasteiger partial charge in [0.25, 0.3) is 5.92 Å². The highest BCUT2D eigenvalue weighted by molar-refractivity contribution is 8.00. The lowest BCUT2D eigenvalue weighted by Crippen LogP contribution is -2.46. The lowest BCUT2D eigenvalue weighted by atomic mass is 9.82. The van der Waals surface area contributed by atoms with Gasteiger partial charge < -0.3 is 0 Å². The molecular formula is C6H10F2S. The van der Waals surface area contributed by atoms with Crippen molar-refractivity contribution in [1.29, 1.82) is 0 Å². The highest BCUT2D eigenvalue weighted by atomic mass is 32.2. The minimum atomic E-state index is -2.36. The second-order valence-electron chi connectivity index (χ2n) is 2.86. The zero-order valence-electron chi connectivity index (χ0n) is 5.58. The van der Waals surface area contributed by atoms with E-state index in [0.29, 0.717) is 0 Å². The van der Waals surface area contributed by atoms with Gasteiger partial charge in [-0.3, -0.25) is 0 Å². The summed E-state index contributed by atoms with van der Waals surface area (Å²) in [5, 5.41) is 0. The molecule has 0 heterocycles. The highest BCUT2D eigenvalue weighted by Crippen LogP contribution is 2.52. The van der Waals surface area contributed by atoms with Crippen LogP contribution in [0.25, 0.3) is 0 Å². The lowest BCUT2D eigenvalue weighted by Gasteiger charge is -2.43. The Bertz CT molecular complexity index is 114. The Kier molecular flexibility index (Phi) is 1.50. The molecule has 0 amide bonds. The number of hydrogen-bond donors (Lipinski definition) is 0. The Morgan fingerprint density at radius 3 is 1.89 bits per heavy atom. The second-order valence-corrected chi connectivity index (χ2v) is 4.26. The van der Waals surface area contributed by atoms with E-state index in [1.165, 1.54) is 11.8 Å². The van der Waals surface area contributed by atoms with Crippen LogP contribution in [-0.2, 0) is 0 Å². The first kappa shape index (κ1) is 7.32. The maximum absolute atomic E-state index is 12.2. The van der Waals surface area contributed by atoms with Crippen LogP contribution in [0.5, 0.6) is 0 Å². The fourth-order valence-corrected chi connectivity index (χ4v) is 1.90. The van der Waals surface area contributed by atoms with Gasteiger partial charge in [0.05, 0.1) is 0 Å². The molecule has 3 heteroatoms. The molecule has 1 aliphatic carbocycles. The molecule has 54 valence electrons. The minimum Gasteiger partial charge on any atom is -0.207 e. The fourth-order valence-electron chi connectivity index (χ4n) is 1.19. The summed E-state index contributed by atoms with van der Waals surface area (Å²) in [7, 11) is 0. The average molecular weight is 152 g/mol. The lowest BCUT2D eigenvalue weighted by molar-refractivity contribution is -0.0909. The quantitative estimate of drug-likeness (QED) is 0.556. The summed E-state index contributed by atoms with van der Waals surface area (Å²) in [6.07, 6.45) is 2.00. The maximum atomic E-state index is 12.2. The highest BCUT2D eigenvalue weighted by Gasteiger charge is 2.53. The van der Waals surface area contributed by atoms with Gasteiger partial charge in [0, 0.05) is 17.6 Å². The van der Waals surface area contributed by atoms with Gasteiger partial charge in [-0.05, 0) is 6.26 Å². The number of alkyl halides is 2. The molecule has 0 bridgehead atoms. The molecule has 0 N–H and O–H groups in total. The third-order valence-corrected chi connectivity index (χ3v) is 3.03. The first-order valence-electron chi connectivity index (χ1n) is 2.90. The Labute approximate surface area is 58.0 Å². The van der Waals surface area contributed by atoms with Crippen LogP contribution in [0.15, 0.2) is 0 Å². The molecule has 0 nitrogen and oxygen atoms in total. The smallest absolute Gasteiger partial charge is 0.207 e. The van der Waals surface area contributed by atoms with Crippen molar-refractivity contribution in [2.24, 2.45) is 0 Å². The van der Waals surface area contributed by atoms with Crippen LogP contribution in [0.4, 0.5) is 8.78 Å². The molecule has 1 rings (SSSR count). The van der Waals surface area contributed by atoms with Crippen molar-refractivity contribution in [2.75, 3.05) is 6.26 Å². The van der Waals surface area contributed by atoms with E-state index in [1.54, 1.807) is 0 Å². The Hall–Kier alpha value is 0.210. The third-order valence-electron chi connectivity index (χ3n) is 1.76. The summed E-state index contributed by atoms with van der Waals surface area (Å²) >= 11 is 1.54. The first-order valence-corrected chi connectivity index (χ1v) is 4.13. The number of thioether (sulfide) groups is 1. The molecular weight excluding hydrogens is 142 g/mol. The molecule has 0 unspecified atom stereocenters. The van der Waals surface area contributed by atoms with Crippen LogP contribution in [0, 0.1) is 0 Å². The molecule has 0 aromatic carbocycles. The summed E-state index contributed by atoms with van der Waals surface area (Å²) in [5.41, 5.74) is 0. The van der Waals surface area contributed by atoms with Crippen molar-refractivity contribution < 1.29 is 8.78 Å². The predicted molar refractivity (Wildman–Crippen MR) is 36.1 cm³/mol. The molecule has 1 fully saturated rings. The third kappa shape index (κ3) is 1.37. The van der Waals surface area contributed by atoms with Gasteiger partial charge in [-0.1, -0.05) is 6.92 Å². The van der Waals surface area contributed by atoms with Gasteiger partial charge >= 0.3 is 0 Å². The van der Waals surface area contributed by atoms with Gasteiger partial charge in [-0.15, -0.1) is 0 Å². The number of hydrogen-bond acceptors (Lipinski definition) is 1. The Morgan fingerprint density at radius 1 is 1.33 bits per heavy atom. The van der Waals surface area contributed by atoms with Crippen molar-refractivity contribution >= 4 is 11.8 Å². The van der Waals surface area contributed by atoms with Crippen LogP contribution in [-0.4, -0.2) is 16.9 Å². The molecule has 0 aromatic rings. The topological polar surface area (TPSA) is 0 Å². The number of rotatable bonds is 1. The molecule has 1 saturated carbocycles.